The number of hydrogen-bond donors (Lipinski definition) is 1. The van der Waals surface area contributed by atoms with E-state index in [0.29, 0.717) is 16.8 Å². The molecule has 2 aromatic rings. The van der Waals surface area contributed by atoms with E-state index in [1.54, 1.807) is 31.2 Å². The second kappa shape index (κ2) is 10.2. The number of benzene rings is 2. The molecule has 1 amide bonds. The first-order valence-corrected chi connectivity index (χ1v) is 8.66. The molecule has 0 saturated carbocycles. The van der Waals surface area contributed by atoms with Crippen molar-refractivity contribution in [3.8, 4) is 12.3 Å². The molecule has 0 aliphatic carbocycles. The van der Waals surface area contributed by atoms with Crippen molar-refractivity contribution >= 4 is 17.2 Å². The number of aryl methyl sites for hydroxylation is 1. The molecule has 0 atom stereocenters. The summed E-state index contributed by atoms with van der Waals surface area (Å²) in [6, 6.07) is 11.7. The summed E-state index contributed by atoms with van der Waals surface area (Å²) in [4.78, 5) is 21.8. The third kappa shape index (κ3) is 5.40. The molecule has 0 fully saturated rings. The highest BCUT2D eigenvalue weighted by atomic mass is 19.1. The topological polar surface area (TPSA) is 47.6 Å². The fourth-order valence-corrected chi connectivity index (χ4v) is 2.63. The van der Waals surface area contributed by atoms with Crippen LogP contribution in [0.25, 0.3) is 5.57 Å². The lowest BCUT2D eigenvalue weighted by Crippen LogP contribution is -2.15. The molecule has 0 heterocycles. The van der Waals surface area contributed by atoms with Crippen LogP contribution in [0.1, 0.15) is 28.4 Å². The summed E-state index contributed by atoms with van der Waals surface area (Å²) >= 11 is 0. The molecule has 4 nitrogen and oxygen atoms in total. The van der Waals surface area contributed by atoms with Gasteiger partial charge in [0.1, 0.15) is 12.4 Å². The van der Waals surface area contributed by atoms with Crippen LogP contribution in [0, 0.1) is 25.1 Å². The Morgan fingerprint density at radius 1 is 1.25 bits per heavy atom. The second-order valence-corrected chi connectivity index (χ2v) is 5.95. The number of allylic oxidation sites excluding steroid dienone is 3. The van der Waals surface area contributed by atoms with Gasteiger partial charge in [-0.15, -0.1) is 6.42 Å². The molecule has 0 saturated heterocycles. The molecule has 2 rings (SSSR count). The molecular weight excluding hydrogens is 357 g/mol. The molecule has 0 radical (unpaired) electrons. The third-order valence-electron chi connectivity index (χ3n) is 4.08. The molecule has 28 heavy (non-hydrogen) atoms. The molecule has 0 aliphatic rings. The number of nitrogens with one attached hydrogen (secondary N) is 1. The Kier molecular flexibility index (Phi) is 7.70. The number of rotatable bonds is 7. The van der Waals surface area contributed by atoms with Crippen molar-refractivity contribution in [2.75, 3.05) is 19.0 Å². The SMILES string of the molecule is C#C/C(=C\C(=C/C)c1ccc(NC(=O)c2c(C)cccc2F)cc1)COOC. The average Bonchev–Trinajstić information content (AvgIpc) is 2.69. The van der Waals surface area contributed by atoms with Crippen LogP contribution < -0.4 is 5.32 Å². The molecule has 0 bridgehead atoms. The van der Waals surface area contributed by atoms with Crippen molar-refractivity contribution in [3.05, 3.63) is 82.7 Å². The van der Waals surface area contributed by atoms with E-state index in [1.807, 2.05) is 31.2 Å². The maximum Gasteiger partial charge on any atom is 0.258 e. The van der Waals surface area contributed by atoms with Gasteiger partial charge in [-0.2, -0.15) is 0 Å². The van der Waals surface area contributed by atoms with Crippen LogP contribution in [0.5, 0.6) is 0 Å². The van der Waals surface area contributed by atoms with Crippen LogP contribution in [-0.2, 0) is 9.78 Å². The molecule has 0 aromatic heterocycles. The van der Waals surface area contributed by atoms with Gasteiger partial charge in [-0.3, -0.25) is 4.79 Å². The lowest BCUT2D eigenvalue weighted by molar-refractivity contribution is -0.264. The summed E-state index contributed by atoms with van der Waals surface area (Å²) in [7, 11) is 1.42. The fraction of sp³-hybridized carbons (Fsp3) is 0.174. The zero-order valence-electron chi connectivity index (χ0n) is 16.1. The maximum atomic E-state index is 14.0. The molecule has 0 unspecified atom stereocenters. The quantitative estimate of drug-likeness (QED) is 0.321. The van der Waals surface area contributed by atoms with Crippen LogP contribution in [0.3, 0.4) is 0 Å². The van der Waals surface area contributed by atoms with E-state index < -0.39 is 11.7 Å². The van der Waals surface area contributed by atoms with Gasteiger partial charge in [0.15, 0.2) is 0 Å². The van der Waals surface area contributed by atoms with E-state index >= 15 is 0 Å². The molecular formula is C23H22FNO3. The minimum atomic E-state index is -0.546. The van der Waals surface area contributed by atoms with Gasteiger partial charge in [0.2, 0.25) is 0 Å². The zero-order valence-corrected chi connectivity index (χ0v) is 16.1. The molecule has 0 aliphatic heterocycles. The van der Waals surface area contributed by atoms with Crippen molar-refractivity contribution in [1.29, 1.82) is 0 Å². The number of amides is 1. The molecule has 5 heteroatoms. The van der Waals surface area contributed by atoms with Gasteiger partial charge < -0.3 is 5.32 Å². The summed E-state index contributed by atoms with van der Waals surface area (Å²) in [5.41, 5.74) is 3.62. The number of carbonyl (C=O) groups is 1. The summed E-state index contributed by atoms with van der Waals surface area (Å²) < 4.78 is 14.0. The monoisotopic (exact) mass is 379 g/mol. The molecule has 0 spiro atoms. The van der Waals surface area contributed by atoms with Crippen LogP contribution in [0.15, 0.2) is 60.2 Å². The van der Waals surface area contributed by atoms with Crippen LogP contribution in [-0.4, -0.2) is 19.6 Å². The first-order chi connectivity index (χ1) is 13.5. The molecule has 144 valence electrons. The lowest BCUT2D eigenvalue weighted by Gasteiger charge is -2.10. The minimum Gasteiger partial charge on any atom is -0.322 e. The zero-order chi connectivity index (χ0) is 20.5. The van der Waals surface area contributed by atoms with Crippen molar-refractivity contribution in [3.63, 3.8) is 0 Å². The fourth-order valence-electron chi connectivity index (χ4n) is 2.63. The normalized spacial score (nSPS) is 11.8. The highest BCUT2D eigenvalue weighted by molar-refractivity contribution is 6.05. The van der Waals surface area contributed by atoms with E-state index in [4.69, 9.17) is 11.3 Å². The predicted molar refractivity (Wildman–Crippen MR) is 109 cm³/mol. The lowest BCUT2D eigenvalue weighted by atomic mass is 10.0. The Labute approximate surface area is 164 Å². The van der Waals surface area contributed by atoms with Crippen molar-refractivity contribution in [1.82, 2.24) is 0 Å². The smallest absolute Gasteiger partial charge is 0.258 e. The van der Waals surface area contributed by atoms with Gasteiger partial charge in [0.05, 0.1) is 12.7 Å². The highest BCUT2D eigenvalue weighted by Crippen LogP contribution is 2.21. The van der Waals surface area contributed by atoms with E-state index in [9.17, 15) is 9.18 Å². The van der Waals surface area contributed by atoms with Gasteiger partial charge in [0.25, 0.3) is 5.91 Å². The van der Waals surface area contributed by atoms with E-state index in [-0.39, 0.29) is 12.2 Å². The summed E-state index contributed by atoms with van der Waals surface area (Å²) in [5.74, 6) is 1.53. The number of anilines is 1. The van der Waals surface area contributed by atoms with Gasteiger partial charge >= 0.3 is 0 Å². The summed E-state index contributed by atoms with van der Waals surface area (Å²) in [6.45, 7) is 3.76. The number of terminal acetylenes is 1. The van der Waals surface area contributed by atoms with Gasteiger partial charge in [-0.05, 0) is 54.8 Å². The van der Waals surface area contributed by atoms with Crippen LogP contribution in [0.2, 0.25) is 0 Å². The van der Waals surface area contributed by atoms with E-state index in [2.05, 4.69) is 16.1 Å². The van der Waals surface area contributed by atoms with Gasteiger partial charge in [0, 0.05) is 11.3 Å². The summed E-state index contributed by atoms with van der Waals surface area (Å²) in [5, 5.41) is 2.72. The number of carbonyl (C=O) groups excluding carboxylic acids is 1. The third-order valence-corrected chi connectivity index (χ3v) is 4.08. The van der Waals surface area contributed by atoms with Crippen molar-refractivity contribution < 1.29 is 19.0 Å². The Hall–Kier alpha value is -3.20. The maximum absolute atomic E-state index is 14.0. The Balaban J connectivity index is 2.17. The second-order valence-electron chi connectivity index (χ2n) is 5.95. The standard InChI is InChI=1S/C23H22FNO3/c1-5-17(15-28-27-4)14-18(6-2)19-10-12-20(13-11-19)25-23(26)22-16(3)8-7-9-21(22)24/h1,6-14H,15H2,2-4H3,(H,25,26)/b17-14+,18-6+. The van der Waals surface area contributed by atoms with Crippen molar-refractivity contribution in [2.24, 2.45) is 0 Å². The predicted octanol–water partition coefficient (Wildman–Crippen LogP) is 4.93. The van der Waals surface area contributed by atoms with Crippen LogP contribution in [0.4, 0.5) is 10.1 Å². The summed E-state index contributed by atoms with van der Waals surface area (Å²) in [6.07, 6.45) is 9.24. The number of hydrogen-bond acceptors (Lipinski definition) is 3. The Bertz CT molecular complexity index is 917. The number of halogens is 1. The average molecular weight is 379 g/mol. The Morgan fingerprint density at radius 2 is 1.96 bits per heavy atom. The van der Waals surface area contributed by atoms with E-state index in [0.717, 1.165) is 11.1 Å². The minimum absolute atomic E-state index is 0.0421. The first kappa shape index (κ1) is 21.1. The highest BCUT2D eigenvalue weighted by Gasteiger charge is 2.14. The first-order valence-electron chi connectivity index (χ1n) is 8.66. The largest absolute Gasteiger partial charge is 0.322 e. The molecule has 2 aromatic carbocycles. The molecule has 1 N–H and O–H groups in total. The van der Waals surface area contributed by atoms with Crippen LogP contribution >= 0.6 is 0 Å². The van der Waals surface area contributed by atoms with E-state index in [1.165, 1.54) is 13.2 Å². The Morgan fingerprint density at radius 3 is 2.54 bits per heavy atom. The van der Waals surface area contributed by atoms with Crippen molar-refractivity contribution in [2.45, 2.75) is 13.8 Å². The van der Waals surface area contributed by atoms with Gasteiger partial charge in [-0.1, -0.05) is 36.3 Å². The van der Waals surface area contributed by atoms with Gasteiger partial charge in [-0.25, -0.2) is 14.2 Å².